The van der Waals surface area contributed by atoms with Crippen molar-refractivity contribution in [1.29, 1.82) is 0 Å². The fraction of sp³-hybridized carbons (Fsp3) is 0.531. The number of oxime groups is 1. The van der Waals surface area contributed by atoms with Gasteiger partial charge in [0.15, 0.2) is 0 Å². The van der Waals surface area contributed by atoms with Crippen molar-refractivity contribution in [2.75, 3.05) is 0 Å². The Balaban J connectivity index is 1.74. The molecule has 0 amide bonds. The largest absolute Gasteiger partial charge is 0.331 e. The molecule has 0 radical (unpaired) electrons. The molecule has 4 rings (SSSR count). The summed E-state index contributed by atoms with van der Waals surface area (Å²) in [6, 6.07) is 15.0. The standard InChI is InChI=1S/C32H41NO3/c1-4-6-19-32(20-7-5-2)28-16-12-11-15-26(28)27-18-17-25(22-29(27)32)31(35)30(33-36-23(3)34)21-24-13-9-8-10-14-24/h11-12,15-18,22,24H,4-10,13-14,19-21H2,1-3H3/b33-30-. The molecule has 4 nitrogen and oxygen atoms in total. The summed E-state index contributed by atoms with van der Waals surface area (Å²) in [4.78, 5) is 30.4. The van der Waals surface area contributed by atoms with Gasteiger partial charge >= 0.3 is 5.97 Å². The van der Waals surface area contributed by atoms with Crippen molar-refractivity contribution in [2.45, 2.75) is 103 Å². The van der Waals surface area contributed by atoms with E-state index in [0.29, 0.717) is 23.6 Å². The molecule has 0 N–H and O–H groups in total. The molecular weight excluding hydrogens is 446 g/mol. The van der Waals surface area contributed by atoms with Crippen LogP contribution in [0.5, 0.6) is 0 Å². The van der Waals surface area contributed by atoms with Gasteiger partial charge in [0.05, 0.1) is 0 Å². The van der Waals surface area contributed by atoms with Crippen molar-refractivity contribution in [3.8, 4) is 11.1 Å². The van der Waals surface area contributed by atoms with E-state index in [0.717, 1.165) is 51.4 Å². The lowest BCUT2D eigenvalue weighted by atomic mass is 9.70. The van der Waals surface area contributed by atoms with Gasteiger partial charge in [-0.25, -0.2) is 4.79 Å². The van der Waals surface area contributed by atoms with Gasteiger partial charge in [-0.1, -0.05) is 113 Å². The molecule has 4 heteroatoms. The van der Waals surface area contributed by atoms with Gasteiger partial charge in [0.1, 0.15) is 5.71 Å². The summed E-state index contributed by atoms with van der Waals surface area (Å²) < 4.78 is 0. The summed E-state index contributed by atoms with van der Waals surface area (Å²) in [6.45, 7) is 5.82. The fourth-order valence-electron chi connectivity index (χ4n) is 6.34. The minimum Gasteiger partial charge on any atom is -0.318 e. The fourth-order valence-corrected chi connectivity index (χ4v) is 6.34. The van der Waals surface area contributed by atoms with Crippen LogP contribution in [-0.2, 0) is 15.0 Å². The zero-order valence-electron chi connectivity index (χ0n) is 22.3. The highest BCUT2D eigenvalue weighted by molar-refractivity contribution is 6.46. The average molecular weight is 488 g/mol. The molecule has 0 unspecified atom stereocenters. The van der Waals surface area contributed by atoms with Gasteiger partial charge in [-0.2, -0.15) is 0 Å². The molecular formula is C32H41NO3. The van der Waals surface area contributed by atoms with E-state index in [1.165, 1.54) is 48.4 Å². The summed E-state index contributed by atoms with van der Waals surface area (Å²) in [5.41, 5.74) is 6.20. The second kappa shape index (κ2) is 12.0. The number of ketones is 1. The summed E-state index contributed by atoms with van der Waals surface area (Å²) in [6.07, 6.45) is 13.2. The third-order valence-corrected chi connectivity index (χ3v) is 8.20. The number of rotatable bonds is 11. The summed E-state index contributed by atoms with van der Waals surface area (Å²) in [5.74, 6) is -0.184. The third-order valence-electron chi connectivity index (χ3n) is 8.20. The molecule has 0 aromatic heterocycles. The maximum atomic E-state index is 13.8. The van der Waals surface area contributed by atoms with E-state index in [4.69, 9.17) is 4.84 Å². The van der Waals surface area contributed by atoms with Crippen LogP contribution in [0.1, 0.15) is 119 Å². The van der Waals surface area contributed by atoms with E-state index in [1.54, 1.807) is 0 Å². The number of Topliss-reactive ketones (excluding diaryl/α,β-unsaturated/α-hetero) is 1. The molecule has 0 spiro atoms. The van der Waals surface area contributed by atoms with E-state index in [9.17, 15) is 9.59 Å². The number of carbonyl (C=O) groups excluding carboxylic acids is 2. The smallest absolute Gasteiger partial charge is 0.318 e. The lowest BCUT2D eigenvalue weighted by Crippen LogP contribution is -2.26. The number of unbranched alkanes of at least 4 members (excludes halogenated alkanes) is 2. The summed E-state index contributed by atoms with van der Waals surface area (Å²) in [5, 5.41) is 4.08. The van der Waals surface area contributed by atoms with Gasteiger partial charge in [-0.15, -0.1) is 0 Å². The van der Waals surface area contributed by atoms with Crippen molar-refractivity contribution in [1.82, 2.24) is 0 Å². The quantitative estimate of drug-likeness (QED) is 0.138. The van der Waals surface area contributed by atoms with Crippen LogP contribution >= 0.6 is 0 Å². The number of nitrogens with zero attached hydrogens (tertiary/aromatic N) is 1. The maximum absolute atomic E-state index is 13.8. The monoisotopic (exact) mass is 487 g/mol. The van der Waals surface area contributed by atoms with Crippen molar-refractivity contribution in [3.05, 3.63) is 59.2 Å². The summed E-state index contributed by atoms with van der Waals surface area (Å²) >= 11 is 0. The SMILES string of the molecule is CCCCC1(CCCC)c2ccccc2-c2ccc(C(=O)/C(CC3CCCCC3)=N\OC(C)=O)cc21. The average Bonchev–Trinajstić information content (AvgIpc) is 3.18. The van der Waals surface area contributed by atoms with E-state index in [2.05, 4.69) is 55.4 Å². The van der Waals surface area contributed by atoms with Crippen LogP contribution in [0.15, 0.2) is 47.6 Å². The molecule has 0 atom stereocenters. The Bertz CT molecular complexity index is 1100. The van der Waals surface area contributed by atoms with Crippen LogP contribution in [0.2, 0.25) is 0 Å². The lowest BCUT2D eigenvalue weighted by Gasteiger charge is -2.33. The van der Waals surface area contributed by atoms with Gasteiger partial charge in [0.25, 0.3) is 0 Å². The molecule has 2 aliphatic carbocycles. The van der Waals surface area contributed by atoms with E-state index in [-0.39, 0.29) is 11.2 Å². The zero-order chi connectivity index (χ0) is 25.5. The minimum atomic E-state index is -0.494. The number of benzene rings is 2. The molecule has 1 fully saturated rings. The van der Waals surface area contributed by atoms with Crippen LogP contribution in [0.25, 0.3) is 11.1 Å². The van der Waals surface area contributed by atoms with Crippen molar-refractivity contribution < 1.29 is 14.4 Å². The van der Waals surface area contributed by atoms with E-state index < -0.39 is 5.97 Å². The Morgan fingerprint density at radius 1 is 0.917 bits per heavy atom. The molecule has 1 saturated carbocycles. The molecule has 2 aromatic carbocycles. The topological polar surface area (TPSA) is 55.7 Å². The normalized spacial score (nSPS) is 16.9. The van der Waals surface area contributed by atoms with Crippen LogP contribution in [0.3, 0.4) is 0 Å². The first-order chi connectivity index (χ1) is 17.5. The maximum Gasteiger partial charge on any atom is 0.331 e. The van der Waals surface area contributed by atoms with Gasteiger partial charge in [0.2, 0.25) is 5.78 Å². The highest BCUT2D eigenvalue weighted by atomic mass is 16.7. The van der Waals surface area contributed by atoms with Crippen LogP contribution in [0.4, 0.5) is 0 Å². The highest BCUT2D eigenvalue weighted by Gasteiger charge is 2.42. The number of hydrogen-bond acceptors (Lipinski definition) is 4. The van der Waals surface area contributed by atoms with Crippen LogP contribution in [0, 0.1) is 5.92 Å². The van der Waals surface area contributed by atoms with Crippen molar-refractivity contribution in [2.24, 2.45) is 11.1 Å². The first-order valence-corrected chi connectivity index (χ1v) is 14.0. The predicted octanol–water partition coefficient (Wildman–Crippen LogP) is 8.41. The second-order valence-electron chi connectivity index (χ2n) is 10.8. The molecule has 2 aliphatic rings. The van der Waals surface area contributed by atoms with Crippen molar-refractivity contribution in [3.63, 3.8) is 0 Å². The first-order valence-electron chi connectivity index (χ1n) is 14.0. The Hall–Kier alpha value is -2.75. The summed E-state index contributed by atoms with van der Waals surface area (Å²) in [7, 11) is 0. The Kier molecular flexibility index (Phi) is 8.77. The van der Waals surface area contributed by atoms with Crippen LogP contribution in [-0.4, -0.2) is 17.5 Å². The minimum absolute atomic E-state index is 0.0647. The first kappa shape index (κ1) is 26.3. The van der Waals surface area contributed by atoms with Gasteiger partial charge in [0, 0.05) is 17.9 Å². The Labute approximate surface area is 216 Å². The zero-order valence-corrected chi connectivity index (χ0v) is 22.3. The Morgan fingerprint density at radius 3 is 2.25 bits per heavy atom. The predicted molar refractivity (Wildman–Crippen MR) is 146 cm³/mol. The molecule has 0 saturated heterocycles. The highest BCUT2D eigenvalue weighted by Crippen LogP contribution is 2.54. The second-order valence-corrected chi connectivity index (χ2v) is 10.8. The van der Waals surface area contributed by atoms with E-state index >= 15 is 0 Å². The van der Waals surface area contributed by atoms with Crippen LogP contribution < -0.4 is 0 Å². The Morgan fingerprint density at radius 2 is 1.58 bits per heavy atom. The lowest BCUT2D eigenvalue weighted by molar-refractivity contribution is -0.140. The number of carbonyl (C=O) groups is 2. The molecule has 36 heavy (non-hydrogen) atoms. The van der Waals surface area contributed by atoms with Gasteiger partial charge in [-0.3, -0.25) is 4.79 Å². The molecule has 0 bridgehead atoms. The van der Waals surface area contributed by atoms with Gasteiger partial charge in [-0.05, 0) is 53.5 Å². The molecule has 0 heterocycles. The van der Waals surface area contributed by atoms with Crippen molar-refractivity contribution >= 4 is 17.5 Å². The number of hydrogen-bond donors (Lipinski definition) is 0. The molecule has 2 aromatic rings. The van der Waals surface area contributed by atoms with E-state index in [1.807, 2.05) is 6.07 Å². The third kappa shape index (κ3) is 5.48. The molecule has 192 valence electrons. The number of fused-ring (bicyclic) bond motifs is 3. The van der Waals surface area contributed by atoms with Gasteiger partial charge < -0.3 is 4.84 Å². The molecule has 0 aliphatic heterocycles.